The van der Waals surface area contributed by atoms with Gasteiger partial charge >= 0.3 is 0 Å². The molecular formula is C17H27NO2. The van der Waals surface area contributed by atoms with Crippen LogP contribution >= 0.6 is 0 Å². The Balaban J connectivity index is 1.55. The van der Waals surface area contributed by atoms with Crippen molar-refractivity contribution < 1.29 is 9.47 Å². The first-order chi connectivity index (χ1) is 9.78. The molecule has 20 heavy (non-hydrogen) atoms. The van der Waals surface area contributed by atoms with E-state index in [2.05, 4.69) is 12.2 Å². The maximum absolute atomic E-state index is 5.69. The van der Waals surface area contributed by atoms with Gasteiger partial charge in [-0.3, -0.25) is 0 Å². The van der Waals surface area contributed by atoms with Gasteiger partial charge in [0.05, 0.1) is 7.11 Å². The van der Waals surface area contributed by atoms with Crippen LogP contribution in [-0.4, -0.2) is 26.8 Å². The van der Waals surface area contributed by atoms with Crippen LogP contribution < -0.4 is 14.8 Å². The van der Waals surface area contributed by atoms with Crippen LogP contribution in [0.1, 0.15) is 32.6 Å². The van der Waals surface area contributed by atoms with Crippen LogP contribution in [0.25, 0.3) is 0 Å². The Morgan fingerprint density at radius 3 is 2.35 bits per heavy atom. The third kappa shape index (κ3) is 5.04. The minimum absolute atomic E-state index is 0.718. The smallest absolute Gasteiger partial charge is 0.119 e. The molecule has 1 aromatic rings. The molecule has 1 N–H and O–H groups in total. The van der Waals surface area contributed by atoms with Gasteiger partial charge in [0.2, 0.25) is 0 Å². The fourth-order valence-electron chi connectivity index (χ4n) is 2.75. The Morgan fingerprint density at radius 2 is 1.70 bits per heavy atom. The molecule has 0 atom stereocenters. The summed E-state index contributed by atoms with van der Waals surface area (Å²) in [5.41, 5.74) is 0. The van der Waals surface area contributed by atoms with Crippen LogP contribution in [0.4, 0.5) is 0 Å². The monoisotopic (exact) mass is 277 g/mol. The number of benzene rings is 1. The summed E-state index contributed by atoms with van der Waals surface area (Å²) >= 11 is 0. The molecule has 0 saturated heterocycles. The highest BCUT2D eigenvalue weighted by atomic mass is 16.5. The fraction of sp³-hybridized carbons (Fsp3) is 0.647. The zero-order chi connectivity index (χ0) is 14.2. The zero-order valence-electron chi connectivity index (χ0n) is 12.7. The van der Waals surface area contributed by atoms with E-state index in [1.807, 2.05) is 24.3 Å². The van der Waals surface area contributed by atoms with Gasteiger partial charge in [-0.2, -0.15) is 0 Å². The summed E-state index contributed by atoms with van der Waals surface area (Å²) in [7, 11) is 1.67. The lowest BCUT2D eigenvalue weighted by Gasteiger charge is -2.26. The van der Waals surface area contributed by atoms with Crippen molar-refractivity contribution in [3.05, 3.63) is 24.3 Å². The number of rotatable bonds is 7. The molecule has 1 saturated carbocycles. The summed E-state index contributed by atoms with van der Waals surface area (Å²) in [6, 6.07) is 7.74. The molecule has 1 aliphatic carbocycles. The maximum Gasteiger partial charge on any atom is 0.119 e. The molecule has 0 spiro atoms. The maximum atomic E-state index is 5.69. The highest BCUT2D eigenvalue weighted by molar-refractivity contribution is 5.31. The molecule has 2 rings (SSSR count). The number of ether oxygens (including phenoxy) is 2. The molecule has 0 radical (unpaired) electrons. The lowest BCUT2D eigenvalue weighted by atomic mass is 9.83. The van der Waals surface area contributed by atoms with Gasteiger partial charge in [-0.25, -0.2) is 0 Å². The van der Waals surface area contributed by atoms with E-state index < -0.39 is 0 Å². The third-order valence-electron chi connectivity index (χ3n) is 4.18. The predicted molar refractivity (Wildman–Crippen MR) is 82.5 cm³/mol. The summed E-state index contributed by atoms with van der Waals surface area (Å²) in [6.07, 6.45) is 5.56. The molecule has 0 aromatic heterocycles. The van der Waals surface area contributed by atoms with E-state index in [0.29, 0.717) is 0 Å². The average molecular weight is 277 g/mol. The van der Waals surface area contributed by atoms with E-state index in [9.17, 15) is 0 Å². The number of methoxy groups -OCH3 is 1. The lowest BCUT2D eigenvalue weighted by molar-refractivity contribution is 0.268. The van der Waals surface area contributed by atoms with Crippen LogP contribution in [0.3, 0.4) is 0 Å². The first-order valence-corrected chi connectivity index (χ1v) is 7.75. The van der Waals surface area contributed by atoms with Crippen molar-refractivity contribution in [3.63, 3.8) is 0 Å². The number of hydrogen-bond acceptors (Lipinski definition) is 3. The van der Waals surface area contributed by atoms with Crippen molar-refractivity contribution in [2.75, 3.05) is 26.8 Å². The van der Waals surface area contributed by atoms with Crippen LogP contribution in [0, 0.1) is 11.8 Å². The molecule has 112 valence electrons. The van der Waals surface area contributed by atoms with Crippen LogP contribution in [0.5, 0.6) is 11.5 Å². The van der Waals surface area contributed by atoms with Crippen LogP contribution in [-0.2, 0) is 0 Å². The Labute approximate surface area is 122 Å². The van der Waals surface area contributed by atoms with E-state index in [-0.39, 0.29) is 0 Å². The summed E-state index contributed by atoms with van der Waals surface area (Å²) < 4.78 is 10.8. The average Bonchev–Trinajstić information content (AvgIpc) is 2.49. The van der Waals surface area contributed by atoms with E-state index >= 15 is 0 Å². The second-order valence-corrected chi connectivity index (χ2v) is 5.85. The molecule has 1 fully saturated rings. The predicted octanol–water partition coefficient (Wildman–Crippen LogP) is 3.49. The Bertz CT molecular complexity index is 369. The van der Waals surface area contributed by atoms with Crippen molar-refractivity contribution in [1.82, 2.24) is 5.32 Å². The van der Waals surface area contributed by atoms with Crippen LogP contribution in [0.2, 0.25) is 0 Å². The van der Waals surface area contributed by atoms with Gasteiger partial charge in [0, 0.05) is 6.54 Å². The van der Waals surface area contributed by atoms with E-state index in [1.165, 1.54) is 25.7 Å². The molecule has 0 unspecified atom stereocenters. The summed E-state index contributed by atoms with van der Waals surface area (Å²) in [6.45, 7) is 5.14. The summed E-state index contributed by atoms with van der Waals surface area (Å²) in [5, 5.41) is 3.51. The van der Waals surface area contributed by atoms with Gasteiger partial charge in [-0.15, -0.1) is 0 Å². The minimum atomic E-state index is 0.718. The van der Waals surface area contributed by atoms with Gasteiger partial charge in [-0.05, 0) is 55.5 Å². The number of nitrogens with one attached hydrogen (secondary N) is 1. The largest absolute Gasteiger partial charge is 0.497 e. The SMILES string of the molecule is COc1ccc(OCCNCC2CCC(C)CC2)cc1. The quantitative estimate of drug-likeness (QED) is 0.774. The molecule has 0 amide bonds. The normalized spacial score (nSPS) is 22.5. The van der Waals surface area contributed by atoms with E-state index in [4.69, 9.17) is 9.47 Å². The molecule has 1 aliphatic rings. The molecule has 0 bridgehead atoms. The minimum Gasteiger partial charge on any atom is -0.497 e. The Morgan fingerprint density at radius 1 is 1.05 bits per heavy atom. The standard InChI is InChI=1S/C17H27NO2/c1-14-3-5-15(6-4-14)13-18-11-12-20-17-9-7-16(19-2)8-10-17/h7-10,14-15,18H,3-6,11-13H2,1-2H3. The van der Waals surface area contributed by atoms with Gasteiger partial charge in [0.1, 0.15) is 18.1 Å². The van der Waals surface area contributed by atoms with Crippen molar-refractivity contribution in [1.29, 1.82) is 0 Å². The first-order valence-electron chi connectivity index (χ1n) is 7.75. The molecule has 1 aromatic carbocycles. The summed E-state index contributed by atoms with van der Waals surface area (Å²) in [4.78, 5) is 0. The van der Waals surface area contributed by atoms with Crippen molar-refractivity contribution >= 4 is 0 Å². The Hall–Kier alpha value is -1.22. The van der Waals surface area contributed by atoms with E-state index in [1.54, 1.807) is 7.11 Å². The first kappa shape index (κ1) is 15.2. The van der Waals surface area contributed by atoms with Gasteiger partial charge < -0.3 is 14.8 Å². The number of hydrogen-bond donors (Lipinski definition) is 1. The van der Waals surface area contributed by atoms with Gasteiger partial charge in [-0.1, -0.05) is 19.8 Å². The van der Waals surface area contributed by atoms with Crippen LogP contribution in [0.15, 0.2) is 24.3 Å². The molecule has 0 heterocycles. The van der Waals surface area contributed by atoms with Crippen molar-refractivity contribution in [2.24, 2.45) is 11.8 Å². The second kappa shape index (κ2) is 8.15. The second-order valence-electron chi connectivity index (χ2n) is 5.85. The van der Waals surface area contributed by atoms with Gasteiger partial charge in [0.15, 0.2) is 0 Å². The van der Waals surface area contributed by atoms with E-state index in [0.717, 1.165) is 43.0 Å². The third-order valence-corrected chi connectivity index (χ3v) is 4.18. The summed E-state index contributed by atoms with van der Waals surface area (Å²) in [5.74, 6) is 3.57. The molecule has 3 heteroatoms. The Kier molecular flexibility index (Phi) is 6.19. The van der Waals surface area contributed by atoms with Crippen molar-refractivity contribution in [2.45, 2.75) is 32.6 Å². The zero-order valence-corrected chi connectivity index (χ0v) is 12.7. The fourth-order valence-corrected chi connectivity index (χ4v) is 2.75. The highest BCUT2D eigenvalue weighted by Crippen LogP contribution is 2.27. The highest BCUT2D eigenvalue weighted by Gasteiger charge is 2.17. The molecule has 0 aliphatic heterocycles. The van der Waals surface area contributed by atoms with Crippen molar-refractivity contribution in [3.8, 4) is 11.5 Å². The lowest BCUT2D eigenvalue weighted by Crippen LogP contribution is -2.29. The molecule has 3 nitrogen and oxygen atoms in total. The van der Waals surface area contributed by atoms with Gasteiger partial charge in [0.25, 0.3) is 0 Å². The molecular weight excluding hydrogens is 250 g/mol. The topological polar surface area (TPSA) is 30.5 Å².